The van der Waals surface area contributed by atoms with Crippen LogP contribution in [-0.2, 0) is 13.1 Å². The molecule has 7 nitrogen and oxygen atoms in total. The first kappa shape index (κ1) is 25.5. The third-order valence-electron chi connectivity index (χ3n) is 8.09. The number of rotatable bonds is 10. The minimum absolute atomic E-state index is 0.377. The summed E-state index contributed by atoms with van der Waals surface area (Å²) in [4.78, 5) is 19.9. The highest BCUT2D eigenvalue weighted by molar-refractivity contribution is 7.96. The molecule has 0 radical (unpaired) electrons. The monoisotopic (exact) mass is 507 g/mol. The quantitative estimate of drug-likeness (QED) is 0.301. The van der Waals surface area contributed by atoms with Crippen LogP contribution in [0.2, 0.25) is 0 Å². The number of pyridine rings is 1. The lowest BCUT2D eigenvalue weighted by atomic mass is 9.80. The molecule has 0 aliphatic heterocycles. The third kappa shape index (κ3) is 5.54. The van der Waals surface area contributed by atoms with Crippen LogP contribution in [0, 0.1) is 11.8 Å². The van der Waals surface area contributed by atoms with E-state index in [1.807, 2.05) is 12.5 Å². The van der Waals surface area contributed by atoms with Gasteiger partial charge >= 0.3 is 0 Å². The minimum atomic E-state index is 0.377. The van der Waals surface area contributed by atoms with Crippen molar-refractivity contribution in [1.82, 2.24) is 29.2 Å². The zero-order valence-corrected chi connectivity index (χ0v) is 23.1. The van der Waals surface area contributed by atoms with Crippen molar-refractivity contribution in [2.75, 3.05) is 11.6 Å². The standard InChI is InChI=1S/C28H41N7S/c1-18(2)22-13-14-29-23(15-22)28-34-27-25(35(28)17-20-9-6-5-7-10-20)26(31-19(3)21-11-8-12-21)32-24(33-27)16-30-36-4/h13-15,18-21,30H,5-12,16-17H2,1-4H3,(H,31,32,33)/t19-/m1/s1. The molecular formula is C28H41N7S. The van der Waals surface area contributed by atoms with Crippen LogP contribution in [-0.4, -0.2) is 36.8 Å². The largest absolute Gasteiger partial charge is 0.365 e. The van der Waals surface area contributed by atoms with E-state index in [0.717, 1.165) is 40.9 Å². The van der Waals surface area contributed by atoms with Crippen LogP contribution >= 0.6 is 11.9 Å². The molecule has 8 heteroatoms. The van der Waals surface area contributed by atoms with E-state index in [-0.39, 0.29) is 0 Å². The number of nitrogens with zero attached hydrogens (tertiary/aromatic N) is 5. The molecule has 3 aromatic heterocycles. The fraction of sp³-hybridized carbons (Fsp3) is 0.643. The summed E-state index contributed by atoms with van der Waals surface area (Å²) < 4.78 is 5.70. The first-order valence-electron chi connectivity index (χ1n) is 13.8. The predicted octanol–water partition coefficient (Wildman–Crippen LogP) is 6.56. The molecule has 2 aliphatic carbocycles. The van der Waals surface area contributed by atoms with Crippen molar-refractivity contribution in [3.63, 3.8) is 0 Å². The van der Waals surface area contributed by atoms with E-state index in [1.165, 1.54) is 56.9 Å². The summed E-state index contributed by atoms with van der Waals surface area (Å²) in [6.45, 7) is 8.30. The summed E-state index contributed by atoms with van der Waals surface area (Å²) in [5.74, 6) is 4.42. The van der Waals surface area contributed by atoms with Crippen molar-refractivity contribution in [3.8, 4) is 11.5 Å². The van der Waals surface area contributed by atoms with E-state index in [9.17, 15) is 0 Å². The Morgan fingerprint density at radius 3 is 2.53 bits per heavy atom. The van der Waals surface area contributed by atoms with E-state index in [2.05, 4.69) is 47.5 Å². The maximum atomic E-state index is 5.14. The maximum Gasteiger partial charge on any atom is 0.184 e. The number of aromatic nitrogens is 5. The van der Waals surface area contributed by atoms with Gasteiger partial charge in [-0.3, -0.25) is 9.71 Å². The number of anilines is 1. The van der Waals surface area contributed by atoms with Crippen molar-refractivity contribution in [1.29, 1.82) is 0 Å². The summed E-state index contributed by atoms with van der Waals surface area (Å²) in [5, 5.41) is 3.81. The van der Waals surface area contributed by atoms with Gasteiger partial charge in [-0.1, -0.05) is 51.5 Å². The zero-order chi connectivity index (χ0) is 25.1. The molecule has 3 aromatic rings. The summed E-state index contributed by atoms with van der Waals surface area (Å²) in [6, 6.07) is 4.69. The maximum absolute atomic E-state index is 5.14. The van der Waals surface area contributed by atoms with Crippen molar-refractivity contribution in [2.24, 2.45) is 11.8 Å². The van der Waals surface area contributed by atoms with Crippen molar-refractivity contribution < 1.29 is 0 Å². The van der Waals surface area contributed by atoms with Crippen molar-refractivity contribution >= 4 is 28.9 Å². The molecule has 2 aliphatic rings. The van der Waals surface area contributed by atoms with Gasteiger partial charge in [0.15, 0.2) is 17.3 Å². The molecule has 2 N–H and O–H groups in total. The Morgan fingerprint density at radius 2 is 1.83 bits per heavy atom. The van der Waals surface area contributed by atoms with Gasteiger partial charge in [0.25, 0.3) is 0 Å². The summed E-state index contributed by atoms with van der Waals surface area (Å²) in [6.07, 6.45) is 14.4. The summed E-state index contributed by atoms with van der Waals surface area (Å²) in [5.41, 5.74) is 4.01. The van der Waals surface area contributed by atoms with Crippen LogP contribution in [0.5, 0.6) is 0 Å². The molecular weight excluding hydrogens is 466 g/mol. The van der Waals surface area contributed by atoms with Gasteiger partial charge in [-0.25, -0.2) is 15.0 Å². The molecule has 194 valence electrons. The highest BCUT2D eigenvalue weighted by atomic mass is 32.2. The highest BCUT2D eigenvalue weighted by Gasteiger charge is 2.28. The molecule has 0 saturated heterocycles. The predicted molar refractivity (Wildman–Crippen MR) is 150 cm³/mol. The van der Waals surface area contributed by atoms with Gasteiger partial charge in [0.05, 0.1) is 6.54 Å². The lowest BCUT2D eigenvalue weighted by Crippen LogP contribution is -2.31. The Hall–Kier alpha value is -2.19. The Morgan fingerprint density at radius 1 is 1.03 bits per heavy atom. The number of nitrogens with one attached hydrogen (secondary N) is 2. The molecule has 0 spiro atoms. The van der Waals surface area contributed by atoms with Gasteiger partial charge in [-0.15, -0.1) is 0 Å². The molecule has 1 atom stereocenters. The van der Waals surface area contributed by atoms with Crippen LogP contribution in [0.3, 0.4) is 0 Å². The molecule has 0 bridgehead atoms. The molecule has 2 saturated carbocycles. The number of hydrogen-bond acceptors (Lipinski definition) is 7. The van der Waals surface area contributed by atoms with Crippen LogP contribution in [0.4, 0.5) is 5.82 Å². The molecule has 0 unspecified atom stereocenters. The Kier molecular flexibility index (Phi) is 8.11. The lowest BCUT2D eigenvalue weighted by Gasteiger charge is -2.32. The average Bonchev–Trinajstić information content (AvgIpc) is 3.20. The van der Waals surface area contributed by atoms with Crippen molar-refractivity contribution in [2.45, 2.75) is 97.2 Å². The van der Waals surface area contributed by atoms with Crippen LogP contribution in [0.15, 0.2) is 18.3 Å². The van der Waals surface area contributed by atoms with Crippen LogP contribution in [0.1, 0.15) is 89.4 Å². The normalized spacial score (nSPS) is 18.0. The van der Waals surface area contributed by atoms with Crippen LogP contribution in [0.25, 0.3) is 22.7 Å². The first-order valence-corrected chi connectivity index (χ1v) is 15.0. The van der Waals surface area contributed by atoms with Gasteiger partial charge < -0.3 is 9.88 Å². The molecule has 2 fully saturated rings. The van der Waals surface area contributed by atoms with E-state index in [4.69, 9.17) is 19.9 Å². The van der Waals surface area contributed by atoms with E-state index < -0.39 is 0 Å². The van der Waals surface area contributed by atoms with E-state index >= 15 is 0 Å². The second kappa shape index (κ2) is 11.5. The number of fused-ring (bicyclic) bond motifs is 1. The van der Waals surface area contributed by atoms with Crippen molar-refractivity contribution in [3.05, 3.63) is 29.7 Å². The Bertz CT molecular complexity index is 1160. The second-order valence-electron chi connectivity index (χ2n) is 11.0. The molecule has 0 aromatic carbocycles. The van der Waals surface area contributed by atoms with Gasteiger partial charge in [-0.2, -0.15) is 0 Å². The SMILES string of the molecule is CSNCc1nc(N[C@H](C)C2CCC2)c2c(n1)nc(-c1cc(C(C)C)ccn1)n2CC1CCCCC1. The Labute approximate surface area is 219 Å². The minimum Gasteiger partial charge on any atom is -0.365 e. The summed E-state index contributed by atoms with van der Waals surface area (Å²) in [7, 11) is 0. The molecule has 36 heavy (non-hydrogen) atoms. The Balaban J connectivity index is 1.64. The molecule has 0 amide bonds. The van der Waals surface area contributed by atoms with Gasteiger partial charge in [0.2, 0.25) is 0 Å². The summed E-state index contributed by atoms with van der Waals surface area (Å²) >= 11 is 1.59. The topological polar surface area (TPSA) is 80.6 Å². The smallest absolute Gasteiger partial charge is 0.184 e. The number of hydrogen-bond donors (Lipinski definition) is 2. The fourth-order valence-electron chi connectivity index (χ4n) is 5.60. The zero-order valence-electron chi connectivity index (χ0n) is 22.3. The second-order valence-corrected chi connectivity index (χ2v) is 11.7. The lowest BCUT2D eigenvalue weighted by molar-refractivity contribution is 0.285. The van der Waals surface area contributed by atoms with Gasteiger partial charge in [0, 0.05) is 18.8 Å². The molecule has 5 rings (SSSR count). The highest BCUT2D eigenvalue weighted by Crippen LogP contribution is 2.35. The average molecular weight is 508 g/mol. The number of imidazole rings is 1. The van der Waals surface area contributed by atoms with E-state index in [1.54, 1.807) is 11.9 Å². The fourth-order valence-corrected chi connectivity index (χ4v) is 5.87. The van der Waals surface area contributed by atoms with E-state index in [0.29, 0.717) is 30.3 Å². The first-order chi connectivity index (χ1) is 17.5. The van der Waals surface area contributed by atoms with Gasteiger partial charge in [0.1, 0.15) is 17.0 Å². The van der Waals surface area contributed by atoms with Gasteiger partial charge in [-0.05, 0) is 74.3 Å². The van der Waals surface area contributed by atoms with Crippen LogP contribution < -0.4 is 10.0 Å². The molecule has 3 heterocycles. The third-order valence-corrected chi connectivity index (χ3v) is 8.52.